The van der Waals surface area contributed by atoms with Gasteiger partial charge in [0.25, 0.3) is 0 Å². The van der Waals surface area contributed by atoms with Crippen molar-refractivity contribution in [1.29, 1.82) is 0 Å². The van der Waals surface area contributed by atoms with E-state index in [4.69, 9.17) is 4.74 Å². The number of hydrogen-bond acceptors (Lipinski definition) is 4. The number of nitrogens with zero attached hydrogens (tertiary/aromatic N) is 1. The van der Waals surface area contributed by atoms with Gasteiger partial charge < -0.3 is 15.0 Å². The van der Waals surface area contributed by atoms with Crippen molar-refractivity contribution in [2.24, 2.45) is 0 Å². The Balaban J connectivity index is 1.75. The molecule has 1 aromatic rings. The summed E-state index contributed by atoms with van der Waals surface area (Å²) < 4.78 is 5.40. The first-order valence-corrected chi connectivity index (χ1v) is 8.62. The number of rotatable bonds is 4. The standard InChI is InChI=1S/C17H26N2O2S/c1-13-7-10-22-15(13)12-18-11-14-5-8-19(9-6-14)16(20)21-17(2,3)4/h5,7,10,18H,6,8-9,11-12H2,1-4H3. The molecule has 1 aliphatic heterocycles. The SMILES string of the molecule is Cc1ccsc1CNCC1=CCN(C(=O)OC(C)(C)C)CC1. The number of hydrogen-bond donors (Lipinski definition) is 1. The van der Waals surface area contributed by atoms with E-state index in [-0.39, 0.29) is 6.09 Å². The number of carbonyl (C=O) groups is 1. The second-order valence-electron chi connectivity index (χ2n) is 6.67. The third-order valence-electron chi connectivity index (χ3n) is 3.56. The van der Waals surface area contributed by atoms with Crippen LogP contribution in [0.25, 0.3) is 0 Å². The van der Waals surface area contributed by atoms with Gasteiger partial charge in [-0.1, -0.05) is 11.6 Å². The summed E-state index contributed by atoms with van der Waals surface area (Å²) in [7, 11) is 0. The monoisotopic (exact) mass is 322 g/mol. The van der Waals surface area contributed by atoms with Gasteiger partial charge in [-0.05, 0) is 51.1 Å². The van der Waals surface area contributed by atoms with Gasteiger partial charge in [0.15, 0.2) is 0 Å². The number of nitrogens with one attached hydrogen (secondary N) is 1. The summed E-state index contributed by atoms with van der Waals surface area (Å²) in [6.07, 6.45) is 2.84. The molecule has 0 atom stereocenters. The van der Waals surface area contributed by atoms with Crippen LogP contribution in [0.5, 0.6) is 0 Å². The molecule has 0 saturated heterocycles. The molecule has 1 aromatic heterocycles. The van der Waals surface area contributed by atoms with Gasteiger partial charge in [-0.25, -0.2) is 4.79 Å². The summed E-state index contributed by atoms with van der Waals surface area (Å²) in [6, 6.07) is 2.15. The fraction of sp³-hybridized carbons (Fsp3) is 0.588. The molecule has 0 spiro atoms. The lowest BCUT2D eigenvalue weighted by atomic mass is 10.1. The van der Waals surface area contributed by atoms with E-state index in [9.17, 15) is 4.79 Å². The first kappa shape index (κ1) is 17.0. The molecule has 1 N–H and O–H groups in total. The third-order valence-corrected chi connectivity index (χ3v) is 4.58. The van der Waals surface area contributed by atoms with Crippen LogP contribution in [0.3, 0.4) is 0 Å². The number of amides is 1. The molecule has 2 heterocycles. The minimum absolute atomic E-state index is 0.218. The highest BCUT2D eigenvalue weighted by molar-refractivity contribution is 7.10. The van der Waals surface area contributed by atoms with Crippen LogP contribution in [0.2, 0.25) is 0 Å². The maximum Gasteiger partial charge on any atom is 0.410 e. The van der Waals surface area contributed by atoms with Crippen molar-refractivity contribution in [1.82, 2.24) is 10.2 Å². The van der Waals surface area contributed by atoms with E-state index in [1.165, 1.54) is 16.0 Å². The van der Waals surface area contributed by atoms with Crippen LogP contribution in [-0.4, -0.2) is 36.2 Å². The van der Waals surface area contributed by atoms with E-state index in [1.54, 1.807) is 16.2 Å². The summed E-state index contributed by atoms with van der Waals surface area (Å²) in [4.78, 5) is 15.1. The van der Waals surface area contributed by atoms with Crippen molar-refractivity contribution < 1.29 is 9.53 Å². The predicted molar refractivity (Wildman–Crippen MR) is 91.3 cm³/mol. The molecular formula is C17H26N2O2S. The summed E-state index contributed by atoms with van der Waals surface area (Å²) in [5.41, 5.74) is 2.29. The molecule has 0 fully saturated rings. The molecule has 1 amide bonds. The maximum absolute atomic E-state index is 12.0. The molecular weight excluding hydrogens is 296 g/mol. The topological polar surface area (TPSA) is 41.6 Å². The van der Waals surface area contributed by atoms with E-state index in [1.807, 2.05) is 20.8 Å². The van der Waals surface area contributed by atoms with Gasteiger partial charge in [-0.15, -0.1) is 11.3 Å². The average Bonchev–Trinajstić information content (AvgIpc) is 2.83. The molecule has 0 saturated carbocycles. The first-order valence-electron chi connectivity index (χ1n) is 7.74. The largest absolute Gasteiger partial charge is 0.444 e. The Bertz CT molecular complexity index is 543. The second kappa shape index (κ2) is 7.29. The Morgan fingerprint density at radius 2 is 2.18 bits per heavy atom. The highest BCUT2D eigenvalue weighted by atomic mass is 32.1. The molecule has 22 heavy (non-hydrogen) atoms. The summed E-state index contributed by atoms with van der Waals surface area (Å²) in [6.45, 7) is 11.0. The minimum Gasteiger partial charge on any atom is -0.444 e. The van der Waals surface area contributed by atoms with Crippen LogP contribution >= 0.6 is 11.3 Å². The predicted octanol–water partition coefficient (Wildman–Crippen LogP) is 3.71. The van der Waals surface area contributed by atoms with Crippen LogP contribution in [0.1, 0.15) is 37.6 Å². The summed E-state index contributed by atoms with van der Waals surface area (Å²) in [5.74, 6) is 0. The fourth-order valence-electron chi connectivity index (χ4n) is 2.29. The van der Waals surface area contributed by atoms with E-state index in [0.29, 0.717) is 6.54 Å². The lowest BCUT2D eigenvalue weighted by Crippen LogP contribution is -2.39. The zero-order valence-electron chi connectivity index (χ0n) is 13.9. The van der Waals surface area contributed by atoms with Crippen molar-refractivity contribution in [3.05, 3.63) is 33.5 Å². The van der Waals surface area contributed by atoms with Gasteiger partial charge in [0.2, 0.25) is 0 Å². The van der Waals surface area contributed by atoms with Gasteiger partial charge in [-0.2, -0.15) is 0 Å². The van der Waals surface area contributed by atoms with Crippen LogP contribution < -0.4 is 5.32 Å². The van der Waals surface area contributed by atoms with E-state index < -0.39 is 5.60 Å². The van der Waals surface area contributed by atoms with Crippen molar-refractivity contribution in [2.45, 2.75) is 46.3 Å². The summed E-state index contributed by atoms with van der Waals surface area (Å²) in [5, 5.41) is 5.62. The smallest absolute Gasteiger partial charge is 0.410 e. The third kappa shape index (κ3) is 5.14. The normalized spacial score (nSPS) is 15.6. The van der Waals surface area contributed by atoms with Crippen LogP contribution in [-0.2, 0) is 11.3 Å². The van der Waals surface area contributed by atoms with Crippen LogP contribution in [0.4, 0.5) is 4.79 Å². The van der Waals surface area contributed by atoms with Gasteiger partial charge in [0.1, 0.15) is 5.60 Å². The zero-order chi connectivity index (χ0) is 16.2. The van der Waals surface area contributed by atoms with Crippen LogP contribution in [0.15, 0.2) is 23.1 Å². The van der Waals surface area contributed by atoms with Gasteiger partial charge >= 0.3 is 6.09 Å². The Morgan fingerprint density at radius 3 is 2.73 bits per heavy atom. The molecule has 0 aliphatic carbocycles. The number of carbonyl (C=O) groups excluding carboxylic acids is 1. The number of thiophene rings is 1. The number of ether oxygens (including phenoxy) is 1. The molecule has 0 bridgehead atoms. The van der Waals surface area contributed by atoms with E-state index >= 15 is 0 Å². The number of aryl methyl sites for hydroxylation is 1. The second-order valence-corrected chi connectivity index (χ2v) is 7.67. The molecule has 0 radical (unpaired) electrons. The molecule has 0 aromatic carbocycles. The van der Waals surface area contributed by atoms with E-state index in [0.717, 1.165) is 26.1 Å². The maximum atomic E-state index is 12.0. The highest BCUT2D eigenvalue weighted by Gasteiger charge is 2.23. The molecule has 0 unspecified atom stereocenters. The average molecular weight is 322 g/mol. The highest BCUT2D eigenvalue weighted by Crippen LogP contribution is 2.17. The molecule has 122 valence electrons. The van der Waals surface area contributed by atoms with E-state index in [2.05, 4.69) is 29.8 Å². The lowest BCUT2D eigenvalue weighted by molar-refractivity contribution is 0.0265. The van der Waals surface area contributed by atoms with Gasteiger partial charge in [0.05, 0.1) is 0 Å². The van der Waals surface area contributed by atoms with Crippen LogP contribution in [0, 0.1) is 6.92 Å². The van der Waals surface area contributed by atoms with Crippen molar-refractivity contribution in [2.75, 3.05) is 19.6 Å². The Labute approximate surface area is 137 Å². The van der Waals surface area contributed by atoms with Crippen molar-refractivity contribution in [3.63, 3.8) is 0 Å². The minimum atomic E-state index is -0.429. The lowest BCUT2D eigenvalue weighted by Gasteiger charge is -2.29. The molecule has 2 rings (SSSR count). The quantitative estimate of drug-likeness (QED) is 0.859. The zero-order valence-corrected chi connectivity index (χ0v) is 14.8. The fourth-order valence-corrected chi connectivity index (χ4v) is 3.16. The molecule has 5 heteroatoms. The Kier molecular flexibility index (Phi) is 5.64. The Morgan fingerprint density at radius 1 is 1.41 bits per heavy atom. The Hall–Kier alpha value is -1.33. The first-order chi connectivity index (χ1) is 10.3. The van der Waals surface area contributed by atoms with Crippen molar-refractivity contribution in [3.8, 4) is 0 Å². The van der Waals surface area contributed by atoms with Crippen molar-refractivity contribution >= 4 is 17.4 Å². The molecule has 4 nitrogen and oxygen atoms in total. The summed E-state index contributed by atoms with van der Waals surface area (Å²) >= 11 is 1.79. The molecule has 1 aliphatic rings. The van der Waals surface area contributed by atoms with Gasteiger partial charge in [0, 0.05) is 31.1 Å². The van der Waals surface area contributed by atoms with Gasteiger partial charge in [-0.3, -0.25) is 0 Å².